The Morgan fingerprint density at radius 1 is 1.32 bits per heavy atom. The Balaban J connectivity index is 1.60. The fourth-order valence-corrected chi connectivity index (χ4v) is 3.42. The highest BCUT2D eigenvalue weighted by molar-refractivity contribution is 5.93. The van der Waals surface area contributed by atoms with Gasteiger partial charge in [-0.25, -0.2) is 23.4 Å². The minimum Gasteiger partial charge on any atom is -0.392 e. The van der Waals surface area contributed by atoms with Crippen molar-refractivity contribution in [2.45, 2.75) is 25.7 Å². The normalized spacial score (nSPS) is 17.1. The number of carbonyl (C=O) groups excluding carboxylic acids is 1. The summed E-state index contributed by atoms with van der Waals surface area (Å²) >= 11 is 0. The quantitative estimate of drug-likeness (QED) is 0.740. The zero-order chi connectivity index (χ0) is 19.8. The van der Waals surface area contributed by atoms with Crippen LogP contribution in [-0.4, -0.2) is 43.9 Å². The average Bonchev–Trinajstić information content (AvgIpc) is 3.27. The van der Waals surface area contributed by atoms with Crippen LogP contribution in [0.15, 0.2) is 33.6 Å². The molecule has 1 saturated heterocycles. The number of carbonyl (C=O) groups is 1. The first-order chi connectivity index (χ1) is 13.4. The van der Waals surface area contributed by atoms with Crippen molar-refractivity contribution in [1.29, 1.82) is 0 Å². The number of aryl methyl sites for hydroxylation is 1. The summed E-state index contributed by atoms with van der Waals surface area (Å²) in [5.74, 6) is -2.47. The largest absolute Gasteiger partial charge is 0.434 e. The van der Waals surface area contributed by atoms with Gasteiger partial charge in [-0.1, -0.05) is 6.07 Å². The van der Waals surface area contributed by atoms with Gasteiger partial charge in [0, 0.05) is 24.8 Å². The molecule has 1 aliphatic rings. The number of halogens is 2. The number of amides is 1. The van der Waals surface area contributed by atoms with Crippen LogP contribution in [0, 0.1) is 18.6 Å². The fraction of sp³-hybridized carbons (Fsp3) is 0.333. The number of aromatic amines is 1. The van der Waals surface area contributed by atoms with Gasteiger partial charge in [-0.2, -0.15) is 5.10 Å². The van der Waals surface area contributed by atoms with Crippen LogP contribution in [0.2, 0.25) is 0 Å². The Kier molecular flexibility index (Phi) is 4.54. The van der Waals surface area contributed by atoms with Crippen LogP contribution in [0.5, 0.6) is 0 Å². The number of hydrogen-bond donors (Lipinski definition) is 1. The lowest BCUT2D eigenvalue weighted by Gasteiger charge is -2.30. The number of para-hydroxylation sites is 1. The van der Waals surface area contributed by atoms with Crippen molar-refractivity contribution < 1.29 is 18.0 Å². The molecule has 4 rings (SSSR count). The lowest BCUT2D eigenvalue weighted by Crippen LogP contribution is -2.39. The number of nitrogens with one attached hydrogen (secondary N) is 1. The standard InChI is InChI=1S/C18H17F2N5O3/c1-10-8-25(15-12(19)5-2-6-13(15)20)23-14(10)17(26)24-7-3-4-11(9-24)16-21-22-18(27)28-16/h2,5-6,8,11H,3-4,7,9H2,1H3,(H,22,27)/t11-/m1/s1. The number of likely N-dealkylation sites (tertiary alicyclic amines) is 1. The third kappa shape index (κ3) is 3.21. The third-order valence-corrected chi connectivity index (χ3v) is 4.78. The molecule has 10 heteroatoms. The summed E-state index contributed by atoms with van der Waals surface area (Å²) in [4.78, 5) is 25.7. The van der Waals surface area contributed by atoms with E-state index < -0.39 is 17.4 Å². The van der Waals surface area contributed by atoms with Crippen LogP contribution in [0.3, 0.4) is 0 Å². The minimum atomic E-state index is -0.770. The summed E-state index contributed by atoms with van der Waals surface area (Å²) in [6.07, 6.45) is 2.85. The lowest BCUT2D eigenvalue weighted by atomic mass is 9.97. The monoisotopic (exact) mass is 389 g/mol. The topological polar surface area (TPSA) is 97.0 Å². The maximum atomic E-state index is 14.0. The lowest BCUT2D eigenvalue weighted by molar-refractivity contribution is 0.0690. The summed E-state index contributed by atoms with van der Waals surface area (Å²) in [7, 11) is 0. The van der Waals surface area contributed by atoms with E-state index >= 15 is 0 Å². The molecule has 146 valence electrons. The predicted octanol–water partition coefficient (Wildman–Crippen LogP) is 2.16. The number of benzene rings is 1. The van der Waals surface area contributed by atoms with Crippen LogP contribution in [0.4, 0.5) is 8.78 Å². The van der Waals surface area contributed by atoms with Gasteiger partial charge in [0.05, 0.1) is 5.92 Å². The average molecular weight is 389 g/mol. The van der Waals surface area contributed by atoms with Crippen LogP contribution < -0.4 is 5.76 Å². The third-order valence-electron chi connectivity index (χ3n) is 4.78. The molecule has 0 saturated carbocycles. The van der Waals surface area contributed by atoms with Crippen molar-refractivity contribution in [3.05, 3.63) is 63.7 Å². The van der Waals surface area contributed by atoms with Gasteiger partial charge in [-0.15, -0.1) is 5.10 Å². The van der Waals surface area contributed by atoms with Crippen molar-refractivity contribution in [2.24, 2.45) is 0 Å². The van der Waals surface area contributed by atoms with Gasteiger partial charge < -0.3 is 9.32 Å². The van der Waals surface area contributed by atoms with E-state index in [0.717, 1.165) is 23.2 Å². The van der Waals surface area contributed by atoms with E-state index in [4.69, 9.17) is 4.42 Å². The van der Waals surface area contributed by atoms with E-state index in [-0.39, 0.29) is 29.1 Å². The summed E-state index contributed by atoms with van der Waals surface area (Å²) in [5, 5.41) is 10.2. The smallest absolute Gasteiger partial charge is 0.392 e. The van der Waals surface area contributed by atoms with E-state index in [0.29, 0.717) is 25.1 Å². The molecule has 1 fully saturated rings. The molecule has 0 spiro atoms. The molecule has 0 aliphatic carbocycles. The van der Waals surface area contributed by atoms with Crippen molar-refractivity contribution >= 4 is 5.91 Å². The summed E-state index contributed by atoms with van der Waals surface area (Å²) in [6, 6.07) is 3.52. The van der Waals surface area contributed by atoms with Crippen molar-refractivity contribution in [1.82, 2.24) is 24.9 Å². The number of hydrogen-bond acceptors (Lipinski definition) is 5. The molecule has 1 N–H and O–H groups in total. The SMILES string of the molecule is Cc1cn(-c2c(F)cccc2F)nc1C(=O)N1CCC[C@@H](c2n[nH]c(=O)o2)C1. The van der Waals surface area contributed by atoms with Crippen LogP contribution in [0.25, 0.3) is 5.69 Å². The molecular weight excluding hydrogens is 372 g/mol. The van der Waals surface area contributed by atoms with Gasteiger partial charge >= 0.3 is 5.76 Å². The fourth-order valence-electron chi connectivity index (χ4n) is 3.42. The number of aromatic nitrogens is 4. The highest BCUT2D eigenvalue weighted by atomic mass is 19.1. The van der Waals surface area contributed by atoms with Crippen LogP contribution >= 0.6 is 0 Å². The molecule has 0 unspecified atom stereocenters. The second kappa shape index (κ2) is 7.02. The van der Waals surface area contributed by atoms with Gasteiger partial charge in [-0.3, -0.25) is 4.79 Å². The molecule has 8 nitrogen and oxygen atoms in total. The van der Waals surface area contributed by atoms with E-state index in [1.807, 2.05) is 0 Å². The van der Waals surface area contributed by atoms with Gasteiger partial charge in [0.2, 0.25) is 5.89 Å². The number of H-pyrrole nitrogens is 1. The number of nitrogens with zero attached hydrogens (tertiary/aromatic N) is 4. The second-order valence-corrected chi connectivity index (χ2v) is 6.72. The molecule has 3 heterocycles. The van der Waals surface area contributed by atoms with Crippen LogP contribution in [0.1, 0.15) is 40.7 Å². The van der Waals surface area contributed by atoms with Gasteiger partial charge in [0.1, 0.15) is 5.69 Å². The van der Waals surface area contributed by atoms with Gasteiger partial charge in [0.15, 0.2) is 17.3 Å². The highest BCUT2D eigenvalue weighted by Gasteiger charge is 2.30. The van der Waals surface area contributed by atoms with Crippen molar-refractivity contribution in [2.75, 3.05) is 13.1 Å². The highest BCUT2D eigenvalue weighted by Crippen LogP contribution is 2.26. The molecular formula is C18H17F2N5O3. The van der Waals surface area contributed by atoms with E-state index in [9.17, 15) is 18.4 Å². The molecule has 1 amide bonds. The molecule has 0 bridgehead atoms. The first kappa shape index (κ1) is 18.1. The molecule has 0 radical (unpaired) electrons. The maximum absolute atomic E-state index is 14.0. The minimum absolute atomic E-state index is 0.117. The zero-order valence-corrected chi connectivity index (χ0v) is 15.0. The molecule has 1 aromatic carbocycles. The van der Waals surface area contributed by atoms with Gasteiger partial charge in [-0.05, 0) is 31.9 Å². The van der Waals surface area contributed by atoms with E-state index in [2.05, 4.69) is 15.3 Å². The Labute approximate surface area is 157 Å². The van der Waals surface area contributed by atoms with Crippen molar-refractivity contribution in [3.63, 3.8) is 0 Å². The first-order valence-electron chi connectivity index (χ1n) is 8.79. The maximum Gasteiger partial charge on any atom is 0.434 e. The Morgan fingerprint density at radius 3 is 2.75 bits per heavy atom. The molecule has 3 aromatic rings. The molecule has 28 heavy (non-hydrogen) atoms. The van der Waals surface area contributed by atoms with E-state index in [1.54, 1.807) is 11.8 Å². The van der Waals surface area contributed by atoms with Crippen molar-refractivity contribution in [3.8, 4) is 5.69 Å². The van der Waals surface area contributed by atoms with Crippen LogP contribution in [-0.2, 0) is 0 Å². The summed E-state index contributed by atoms with van der Waals surface area (Å²) in [5.41, 5.74) is 0.285. The molecule has 1 aliphatic heterocycles. The zero-order valence-electron chi connectivity index (χ0n) is 15.0. The summed E-state index contributed by atoms with van der Waals surface area (Å²) < 4.78 is 34.1. The second-order valence-electron chi connectivity index (χ2n) is 6.72. The summed E-state index contributed by atoms with van der Waals surface area (Å²) in [6.45, 7) is 2.47. The Hall–Kier alpha value is -3.30. The van der Waals surface area contributed by atoms with E-state index in [1.165, 1.54) is 12.3 Å². The number of rotatable bonds is 3. The predicted molar refractivity (Wildman–Crippen MR) is 93.2 cm³/mol. The first-order valence-corrected chi connectivity index (χ1v) is 8.79. The van der Waals surface area contributed by atoms with Gasteiger partial charge in [0.25, 0.3) is 5.91 Å². The number of piperidine rings is 1. The molecule has 2 aromatic heterocycles. The Morgan fingerprint density at radius 2 is 2.07 bits per heavy atom. The Bertz CT molecular complexity index is 1070. The molecule has 1 atom stereocenters.